The molecule has 1 aliphatic rings. The van der Waals surface area contributed by atoms with Gasteiger partial charge in [-0.3, -0.25) is 30.0 Å². The second-order valence-electron chi connectivity index (χ2n) is 10.3. The highest BCUT2D eigenvalue weighted by Crippen LogP contribution is 2.32. The largest absolute Gasteiger partial charge is 0.339 e. The van der Waals surface area contributed by atoms with Crippen molar-refractivity contribution >= 4 is 34.0 Å². The fourth-order valence-electron chi connectivity index (χ4n) is 4.30. The molecule has 0 atom stereocenters. The van der Waals surface area contributed by atoms with Crippen molar-refractivity contribution in [3.05, 3.63) is 73.5 Å². The molecule has 1 aromatic carbocycles. The van der Waals surface area contributed by atoms with Gasteiger partial charge in [0.2, 0.25) is 5.13 Å². The minimum Gasteiger partial charge on any atom is -0.339 e. The molecule has 37 heavy (non-hydrogen) atoms. The highest BCUT2D eigenvalue weighted by Gasteiger charge is 2.30. The van der Waals surface area contributed by atoms with Crippen LogP contribution in [0.2, 0.25) is 0 Å². The maximum atomic E-state index is 13.2. The first kappa shape index (κ1) is 26.3. The molecule has 0 spiro atoms. The number of piperidine rings is 1. The van der Waals surface area contributed by atoms with E-state index in [2.05, 4.69) is 15.5 Å². The third-order valence-corrected chi connectivity index (χ3v) is 7.69. The Bertz CT molecular complexity index is 1360. The monoisotopic (exact) mass is 522 g/mol. The van der Waals surface area contributed by atoms with Crippen LogP contribution >= 0.6 is 11.3 Å². The molecular weight excluding hydrogens is 492 g/mol. The lowest BCUT2D eigenvalue weighted by Gasteiger charge is -2.32. The number of non-ortho nitro benzene ring substituents is 1. The predicted molar refractivity (Wildman–Crippen MR) is 141 cm³/mol. The van der Waals surface area contributed by atoms with Gasteiger partial charge >= 0.3 is 0 Å². The Labute approximate surface area is 219 Å². The summed E-state index contributed by atoms with van der Waals surface area (Å²) >= 11 is 1.35. The van der Waals surface area contributed by atoms with Crippen LogP contribution in [0.1, 0.15) is 82.2 Å². The predicted octanol–water partition coefficient (Wildman–Crippen LogP) is 5.03. The molecule has 1 aliphatic heterocycles. The Morgan fingerprint density at radius 2 is 1.78 bits per heavy atom. The first-order chi connectivity index (χ1) is 17.4. The number of nitrogens with zero attached hydrogens (tertiary/aromatic N) is 5. The van der Waals surface area contributed by atoms with Crippen molar-refractivity contribution in [2.45, 2.75) is 58.8 Å². The van der Waals surface area contributed by atoms with Gasteiger partial charge in [-0.1, -0.05) is 38.2 Å². The molecule has 1 N–H and O–H groups in total. The molecule has 0 unspecified atom stereocenters. The van der Waals surface area contributed by atoms with Crippen LogP contribution in [-0.2, 0) is 5.41 Å². The number of likely N-dealkylation sites (tertiary alicyclic amines) is 1. The summed E-state index contributed by atoms with van der Waals surface area (Å²) in [5.74, 6) is -0.513. The van der Waals surface area contributed by atoms with Crippen molar-refractivity contribution in [2.75, 3.05) is 18.4 Å². The lowest BCUT2D eigenvalue weighted by molar-refractivity contribution is -0.384. The maximum Gasteiger partial charge on any atom is 0.270 e. The highest BCUT2D eigenvalue weighted by molar-refractivity contribution is 7.15. The second kappa shape index (κ2) is 10.3. The van der Waals surface area contributed by atoms with Crippen LogP contribution in [0, 0.1) is 24.0 Å². The molecule has 1 fully saturated rings. The number of carbonyl (C=O) groups excluding carboxylic acids is 2. The molecule has 10 nitrogen and oxygen atoms in total. The number of nitro benzene ring substituents is 1. The molecule has 11 heteroatoms. The molecule has 194 valence electrons. The standard InChI is InChI=1S/C26H30N6O4S/c1-15-6-8-18(32(35)36)14-20(15)23(34)31-12-10-17(11-13-31)21-19(9-7-16(2)27-21)22(33)28-25-30-29-24(37-25)26(3,4)5/h6-9,14,17H,10-13H2,1-5H3,(H,28,30,33). The molecular formula is C26H30N6O4S. The zero-order valence-corrected chi connectivity index (χ0v) is 22.4. The first-order valence-corrected chi connectivity index (χ1v) is 12.9. The van der Waals surface area contributed by atoms with Gasteiger partial charge < -0.3 is 4.90 Å². The van der Waals surface area contributed by atoms with Crippen LogP contribution in [0.5, 0.6) is 0 Å². The van der Waals surface area contributed by atoms with Gasteiger partial charge in [0, 0.05) is 47.8 Å². The van der Waals surface area contributed by atoms with Crippen LogP contribution in [-0.4, -0.2) is 49.9 Å². The average molecular weight is 523 g/mol. The van der Waals surface area contributed by atoms with Gasteiger partial charge in [-0.2, -0.15) is 0 Å². The Morgan fingerprint density at radius 1 is 1.08 bits per heavy atom. The van der Waals surface area contributed by atoms with Gasteiger partial charge in [0.25, 0.3) is 17.5 Å². The van der Waals surface area contributed by atoms with Gasteiger partial charge in [0.05, 0.1) is 16.2 Å². The van der Waals surface area contributed by atoms with Gasteiger partial charge in [-0.25, -0.2) is 0 Å². The van der Waals surface area contributed by atoms with E-state index in [0.717, 1.165) is 10.7 Å². The van der Waals surface area contributed by atoms with E-state index in [1.807, 2.05) is 33.8 Å². The summed E-state index contributed by atoms with van der Waals surface area (Å²) in [5.41, 5.74) is 2.77. The topological polar surface area (TPSA) is 131 Å². The third kappa shape index (κ3) is 5.82. The van der Waals surface area contributed by atoms with Gasteiger partial charge in [-0.05, 0) is 44.4 Å². The van der Waals surface area contributed by atoms with E-state index in [1.54, 1.807) is 24.0 Å². The summed E-state index contributed by atoms with van der Waals surface area (Å²) in [6.45, 7) is 10.7. The van der Waals surface area contributed by atoms with Crippen molar-refractivity contribution < 1.29 is 14.5 Å². The fourth-order valence-corrected chi connectivity index (χ4v) is 5.10. The zero-order chi connectivity index (χ0) is 26.9. The average Bonchev–Trinajstić information content (AvgIpc) is 3.33. The molecule has 4 rings (SSSR count). The highest BCUT2D eigenvalue weighted by atomic mass is 32.1. The first-order valence-electron chi connectivity index (χ1n) is 12.1. The van der Waals surface area contributed by atoms with Gasteiger partial charge in [0.1, 0.15) is 5.01 Å². The molecule has 3 aromatic rings. The Morgan fingerprint density at radius 3 is 2.41 bits per heavy atom. The number of aryl methyl sites for hydroxylation is 2. The minimum atomic E-state index is -0.496. The number of benzene rings is 1. The number of anilines is 1. The molecule has 2 aromatic heterocycles. The van der Waals surface area contributed by atoms with Crippen LogP contribution in [0.4, 0.5) is 10.8 Å². The summed E-state index contributed by atoms with van der Waals surface area (Å²) in [6, 6.07) is 7.93. The quantitative estimate of drug-likeness (QED) is 0.367. The van der Waals surface area contributed by atoms with Gasteiger partial charge in [-0.15, -0.1) is 10.2 Å². The molecule has 0 bridgehead atoms. The molecule has 0 radical (unpaired) electrons. The SMILES string of the molecule is Cc1ccc(C(=O)Nc2nnc(C(C)(C)C)s2)c(C2CCN(C(=O)c3cc([N+](=O)[O-])ccc3C)CC2)n1. The summed E-state index contributed by atoms with van der Waals surface area (Å²) in [4.78, 5) is 43.5. The van der Waals surface area contributed by atoms with Crippen LogP contribution in [0.15, 0.2) is 30.3 Å². The smallest absolute Gasteiger partial charge is 0.270 e. The van der Waals surface area contributed by atoms with Gasteiger partial charge in [0.15, 0.2) is 0 Å². The van der Waals surface area contributed by atoms with E-state index in [9.17, 15) is 19.7 Å². The molecule has 0 aliphatic carbocycles. The van der Waals surface area contributed by atoms with Crippen molar-refractivity contribution in [1.82, 2.24) is 20.1 Å². The number of nitrogens with one attached hydrogen (secondary N) is 1. The van der Waals surface area contributed by atoms with Crippen molar-refractivity contribution in [3.63, 3.8) is 0 Å². The third-order valence-electron chi connectivity index (χ3n) is 6.43. The summed E-state index contributed by atoms with van der Waals surface area (Å²) < 4.78 is 0. The fraction of sp³-hybridized carbons (Fsp3) is 0.423. The Hall–Kier alpha value is -3.73. The van der Waals surface area contributed by atoms with E-state index in [0.29, 0.717) is 53.4 Å². The van der Waals surface area contributed by atoms with E-state index >= 15 is 0 Å². The molecule has 0 saturated carbocycles. The summed E-state index contributed by atoms with van der Waals surface area (Å²) in [6.07, 6.45) is 1.26. The number of hydrogen-bond donors (Lipinski definition) is 1. The number of aromatic nitrogens is 3. The lowest BCUT2D eigenvalue weighted by atomic mass is 9.89. The number of pyridine rings is 1. The van der Waals surface area contributed by atoms with E-state index in [1.165, 1.54) is 23.5 Å². The number of rotatable bonds is 5. The Kier molecular flexibility index (Phi) is 7.35. The van der Waals surface area contributed by atoms with Crippen LogP contribution in [0.3, 0.4) is 0 Å². The maximum absolute atomic E-state index is 13.2. The van der Waals surface area contributed by atoms with E-state index in [-0.39, 0.29) is 28.8 Å². The van der Waals surface area contributed by atoms with E-state index in [4.69, 9.17) is 4.98 Å². The van der Waals surface area contributed by atoms with E-state index < -0.39 is 4.92 Å². The lowest BCUT2D eigenvalue weighted by Crippen LogP contribution is -2.38. The van der Waals surface area contributed by atoms with Crippen LogP contribution in [0.25, 0.3) is 0 Å². The normalized spacial score (nSPS) is 14.5. The zero-order valence-electron chi connectivity index (χ0n) is 21.6. The summed E-state index contributed by atoms with van der Waals surface area (Å²) in [7, 11) is 0. The van der Waals surface area contributed by atoms with Crippen molar-refractivity contribution in [1.29, 1.82) is 0 Å². The Balaban J connectivity index is 1.49. The number of carbonyl (C=O) groups is 2. The van der Waals surface area contributed by atoms with Crippen molar-refractivity contribution in [2.24, 2.45) is 0 Å². The molecule has 2 amide bonds. The number of amides is 2. The number of nitro groups is 1. The summed E-state index contributed by atoms with van der Waals surface area (Å²) in [5, 5.41) is 23.6. The molecule has 1 saturated heterocycles. The second-order valence-corrected chi connectivity index (χ2v) is 11.3. The minimum absolute atomic E-state index is 0.00420. The number of hydrogen-bond acceptors (Lipinski definition) is 8. The molecule has 3 heterocycles. The van der Waals surface area contributed by atoms with Crippen molar-refractivity contribution in [3.8, 4) is 0 Å². The van der Waals surface area contributed by atoms with Crippen LogP contribution < -0.4 is 5.32 Å².